The molecule has 0 aromatic carbocycles. The van der Waals surface area contributed by atoms with Crippen LogP contribution < -0.4 is 0 Å². The summed E-state index contributed by atoms with van der Waals surface area (Å²) in [7, 11) is 0. The smallest absolute Gasteiger partial charge is 0.225 e. The maximum absolute atomic E-state index is 11.9. The topological polar surface area (TPSA) is 49.8 Å². The first kappa shape index (κ1) is 13.5. The summed E-state index contributed by atoms with van der Waals surface area (Å²) in [5, 5.41) is 8.80. The van der Waals surface area contributed by atoms with Gasteiger partial charge in [0, 0.05) is 25.8 Å². The van der Waals surface area contributed by atoms with Gasteiger partial charge in [0.15, 0.2) is 0 Å². The lowest BCUT2D eigenvalue weighted by molar-refractivity contribution is -0.133. The second-order valence-corrected chi connectivity index (χ2v) is 4.20. The minimum atomic E-state index is 0.203. The largest absolute Gasteiger partial charge is 0.396 e. The molecule has 16 heavy (non-hydrogen) atoms. The van der Waals surface area contributed by atoms with Gasteiger partial charge in [-0.2, -0.15) is 0 Å². The summed E-state index contributed by atoms with van der Waals surface area (Å²) in [6.45, 7) is 4.22. The molecule has 1 rings (SSSR count). The molecule has 4 nitrogen and oxygen atoms in total. The Kier molecular flexibility index (Phi) is 6.42. The molecule has 1 aliphatic rings. The van der Waals surface area contributed by atoms with E-state index in [-0.39, 0.29) is 12.5 Å². The Balaban J connectivity index is 2.29. The van der Waals surface area contributed by atoms with Crippen molar-refractivity contribution in [2.24, 2.45) is 0 Å². The second kappa shape index (κ2) is 7.63. The van der Waals surface area contributed by atoms with E-state index >= 15 is 0 Å². The van der Waals surface area contributed by atoms with Crippen LogP contribution in [0.1, 0.15) is 39.0 Å². The van der Waals surface area contributed by atoms with Gasteiger partial charge in [-0.05, 0) is 32.6 Å². The molecule has 1 saturated heterocycles. The highest BCUT2D eigenvalue weighted by Gasteiger charge is 2.27. The average molecular weight is 229 g/mol. The molecule has 1 atom stereocenters. The Morgan fingerprint density at radius 1 is 1.56 bits per heavy atom. The monoisotopic (exact) mass is 229 g/mol. The van der Waals surface area contributed by atoms with Gasteiger partial charge in [0.2, 0.25) is 5.91 Å². The first-order valence-electron chi connectivity index (χ1n) is 6.27. The highest BCUT2D eigenvalue weighted by Crippen LogP contribution is 2.21. The number of hydrogen-bond acceptors (Lipinski definition) is 3. The summed E-state index contributed by atoms with van der Waals surface area (Å²) in [6.07, 6.45) is 4.39. The van der Waals surface area contributed by atoms with Crippen molar-refractivity contribution in [2.75, 3.05) is 26.4 Å². The first-order chi connectivity index (χ1) is 7.79. The third-order valence-electron chi connectivity index (χ3n) is 3.06. The number of likely N-dealkylation sites (tertiary alicyclic amines) is 1. The Hall–Kier alpha value is -0.610. The van der Waals surface area contributed by atoms with E-state index in [1.165, 1.54) is 0 Å². The molecule has 4 heteroatoms. The zero-order valence-electron chi connectivity index (χ0n) is 10.2. The van der Waals surface area contributed by atoms with Crippen molar-refractivity contribution in [1.82, 2.24) is 4.90 Å². The predicted octanol–water partition coefficient (Wildman–Crippen LogP) is 1.18. The van der Waals surface area contributed by atoms with Crippen LogP contribution in [0.25, 0.3) is 0 Å². The molecule has 0 aromatic heterocycles. The maximum atomic E-state index is 11.9. The van der Waals surface area contributed by atoms with Crippen molar-refractivity contribution in [1.29, 1.82) is 0 Å². The molecule has 1 amide bonds. The molecule has 0 bridgehead atoms. The molecular weight excluding hydrogens is 206 g/mol. The number of aliphatic hydroxyl groups is 1. The van der Waals surface area contributed by atoms with Gasteiger partial charge in [0.05, 0.1) is 13.0 Å². The lowest BCUT2D eigenvalue weighted by atomic mass is 10.1. The van der Waals surface area contributed by atoms with Crippen molar-refractivity contribution in [3.63, 3.8) is 0 Å². The molecule has 1 aliphatic heterocycles. The van der Waals surface area contributed by atoms with Crippen LogP contribution in [0.3, 0.4) is 0 Å². The van der Waals surface area contributed by atoms with Crippen molar-refractivity contribution in [3.8, 4) is 0 Å². The minimum absolute atomic E-state index is 0.203. The van der Waals surface area contributed by atoms with Crippen molar-refractivity contribution in [3.05, 3.63) is 0 Å². The zero-order chi connectivity index (χ0) is 11.8. The minimum Gasteiger partial charge on any atom is -0.396 e. The predicted molar refractivity (Wildman–Crippen MR) is 62.2 cm³/mol. The van der Waals surface area contributed by atoms with Crippen LogP contribution in [0.5, 0.6) is 0 Å². The SMILES string of the molecule is CCOCCC(=O)N1CCCC1CCCO. The summed E-state index contributed by atoms with van der Waals surface area (Å²) < 4.78 is 5.19. The molecule has 94 valence electrons. The average Bonchev–Trinajstić information content (AvgIpc) is 2.74. The van der Waals surface area contributed by atoms with Crippen molar-refractivity contribution < 1.29 is 14.6 Å². The zero-order valence-corrected chi connectivity index (χ0v) is 10.2. The van der Waals surface area contributed by atoms with Crippen LogP contribution in [-0.4, -0.2) is 48.3 Å². The van der Waals surface area contributed by atoms with Gasteiger partial charge in [-0.1, -0.05) is 0 Å². The fourth-order valence-corrected chi connectivity index (χ4v) is 2.24. The third kappa shape index (κ3) is 4.10. The van der Waals surface area contributed by atoms with E-state index in [1.54, 1.807) is 0 Å². The molecule has 1 heterocycles. The van der Waals surface area contributed by atoms with Crippen LogP contribution in [0.15, 0.2) is 0 Å². The van der Waals surface area contributed by atoms with E-state index in [4.69, 9.17) is 9.84 Å². The number of ether oxygens (including phenoxy) is 1. The van der Waals surface area contributed by atoms with Crippen molar-refractivity contribution in [2.45, 2.75) is 45.1 Å². The lowest BCUT2D eigenvalue weighted by Gasteiger charge is -2.24. The van der Waals surface area contributed by atoms with Gasteiger partial charge >= 0.3 is 0 Å². The maximum Gasteiger partial charge on any atom is 0.225 e. The number of hydrogen-bond donors (Lipinski definition) is 1. The number of amides is 1. The van der Waals surface area contributed by atoms with Crippen LogP contribution in [-0.2, 0) is 9.53 Å². The summed E-state index contributed by atoms with van der Waals surface area (Å²) >= 11 is 0. The van der Waals surface area contributed by atoms with Gasteiger partial charge in [-0.3, -0.25) is 4.79 Å². The molecule has 0 radical (unpaired) electrons. The van der Waals surface area contributed by atoms with Crippen LogP contribution >= 0.6 is 0 Å². The van der Waals surface area contributed by atoms with Gasteiger partial charge < -0.3 is 14.7 Å². The Bertz CT molecular complexity index is 208. The molecular formula is C12H23NO3. The Morgan fingerprint density at radius 2 is 2.38 bits per heavy atom. The normalized spacial score (nSPS) is 20.4. The van der Waals surface area contributed by atoms with Gasteiger partial charge in [0.1, 0.15) is 0 Å². The molecule has 0 aliphatic carbocycles. The number of carbonyl (C=O) groups excluding carboxylic acids is 1. The lowest BCUT2D eigenvalue weighted by Crippen LogP contribution is -2.36. The number of aliphatic hydroxyl groups excluding tert-OH is 1. The van der Waals surface area contributed by atoms with E-state index < -0.39 is 0 Å². The molecule has 1 fully saturated rings. The molecule has 0 aromatic rings. The first-order valence-corrected chi connectivity index (χ1v) is 6.27. The van der Waals surface area contributed by atoms with E-state index in [9.17, 15) is 4.79 Å². The Morgan fingerprint density at radius 3 is 3.06 bits per heavy atom. The summed E-state index contributed by atoms with van der Waals surface area (Å²) in [5.74, 6) is 0.203. The van der Waals surface area contributed by atoms with Crippen LogP contribution in [0.4, 0.5) is 0 Å². The van der Waals surface area contributed by atoms with E-state index in [0.29, 0.717) is 25.7 Å². The highest BCUT2D eigenvalue weighted by atomic mass is 16.5. The van der Waals surface area contributed by atoms with E-state index in [1.807, 2.05) is 11.8 Å². The second-order valence-electron chi connectivity index (χ2n) is 4.20. The van der Waals surface area contributed by atoms with Crippen LogP contribution in [0.2, 0.25) is 0 Å². The van der Waals surface area contributed by atoms with Crippen molar-refractivity contribution >= 4 is 5.91 Å². The van der Waals surface area contributed by atoms with Gasteiger partial charge in [-0.25, -0.2) is 0 Å². The Labute approximate surface area is 97.6 Å². The highest BCUT2D eigenvalue weighted by molar-refractivity contribution is 5.76. The molecule has 0 spiro atoms. The number of rotatable bonds is 7. The standard InChI is InChI=1S/C12H23NO3/c1-2-16-10-7-12(15)13-8-3-5-11(13)6-4-9-14/h11,14H,2-10H2,1H3. The summed E-state index contributed by atoms with van der Waals surface area (Å²) in [5.41, 5.74) is 0. The fraction of sp³-hybridized carbons (Fsp3) is 0.917. The van der Waals surface area contributed by atoms with E-state index in [2.05, 4.69) is 0 Å². The molecule has 1 N–H and O–H groups in total. The quantitative estimate of drug-likeness (QED) is 0.667. The van der Waals surface area contributed by atoms with E-state index in [0.717, 1.165) is 32.2 Å². The summed E-state index contributed by atoms with van der Waals surface area (Å²) in [4.78, 5) is 13.8. The van der Waals surface area contributed by atoms with Gasteiger partial charge in [0.25, 0.3) is 0 Å². The molecule has 0 saturated carbocycles. The van der Waals surface area contributed by atoms with Gasteiger partial charge in [-0.15, -0.1) is 0 Å². The fourth-order valence-electron chi connectivity index (χ4n) is 2.24. The third-order valence-corrected chi connectivity index (χ3v) is 3.06. The summed E-state index contributed by atoms with van der Waals surface area (Å²) in [6, 6.07) is 0.348. The van der Waals surface area contributed by atoms with Crippen LogP contribution in [0, 0.1) is 0 Å². The number of nitrogens with zero attached hydrogens (tertiary/aromatic N) is 1. The number of carbonyl (C=O) groups is 1. The molecule has 1 unspecified atom stereocenters.